The lowest BCUT2D eigenvalue weighted by Gasteiger charge is -2.29. The number of para-hydroxylation sites is 1. The number of hydrogen-bond donors (Lipinski definition) is 2. The van der Waals surface area contributed by atoms with Crippen molar-refractivity contribution in [2.24, 2.45) is 0 Å². The summed E-state index contributed by atoms with van der Waals surface area (Å²) >= 11 is 1.68. The van der Waals surface area contributed by atoms with Crippen LogP contribution < -0.4 is 5.32 Å². The number of benzene rings is 2. The summed E-state index contributed by atoms with van der Waals surface area (Å²) < 4.78 is 1.23. The summed E-state index contributed by atoms with van der Waals surface area (Å²) in [6, 6.07) is 18.7. The first-order valence-corrected chi connectivity index (χ1v) is 8.02. The fraction of sp³-hybridized carbons (Fsp3) is 0.222. The number of fused-ring (bicyclic) bond motifs is 2. The third-order valence-electron chi connectivity index (χ3n) is 4.37. The van der Waals surface area contributed by atoms with E-state index in [1.165, 1.54) is 15.6 Å². The molecule has 0 saturated carbocycles. The van der Waals surface area contributed by atoms with Crippen LogP contribution in [0.25, 0.3) is 10.1 Å². The number of aliphatic hydroxyl groups is 1. The smallest absolute Gasteiger partial charge is 0.116 e. The second-order valence-corrected chi connectivity index (χ2v) is 6.94. The largest absolute Gasteiger partial charge is 0.382 e. The van der Waals surface area contributed by atoms with E-state index < -0.39 is 5.60 Å². The highest BCUT2D eigenvalue weighted by Crippen LogP contribution is 2.40. The average molecular weight is 295 g/mol. The summed E-state index contributed by atoms with van der Waals surface area (Å²) in [5.41, 5.74) is 1.55. The van der Waals surface area contributed by atoms with Gasteiger partial charge in [-0.15, -0.1) is 11.3 Å². The van der Waals surface area contributed by atoms with Crippen LogP contribution in [-0.2, 0) is 12.0 Å². The molecule has 2 unspecified atom stereocenters. The number of anilines is 1. The quantitative estimate of drug-likeness (QED) is 0.744. The standard InChI is InChI=1S/C18H17NOS/c1-18(20,16-10-12-6-2-4-8-14(12)19-16)17-11-13-7-3-5-9-15(13)21-17/h2-9,11,16,19-20H,10H2,1H3. The van der Waals surface area contributed by atoms with Crippen LogP contribution in [-0.4, -0.2) is 11.1 Å². The van der Waals surface area contributed by atoms with Gasteiger partial charge in [0.05, 0.1) is 6.04 Å². The first-order valence-electron chi connectivity index (χ1n) is 7.20. The minimum Gasteiger partial charge on any atom is -0.382 e. The molecule has 106 valence electrons. The third kappa shape index (κ3) is 2.04. The zero-order valence-electron chi connectivity index (χ0n) is 11.8. The Morgan fingerprint density at radius 2 is 1.90 bits per heavy atom. The molecule has 1 aliphatic rings. The molecule has 3 heteroatoms. The molecule has 21 heavy (non-hydrogen) atoms. The van der Waals surface area contributed by atoms with Gasteiger partial charge in [0.2, 0.25) is 0 Å². The summed E-state index contributed by atoms with van der Waals surface area (Å²) in [6.45, 7) is 1.92. The van der Waals surface area contributed by atoms with Gasteiger partial charge in [-0.05, 0) is 42.5 Å². The molecule has 0 spiro atoms. The van der Waals surface area contributed by atoms with Crippen LogP contribution in [0, 0.1) is 0 Å². The van der Waals surface area contributed by atoms with E-state index in [0.717, 1.165) is 17.0 Å². The first kappa shape index (κ1) is 12.9. The summed E-state index contributed by atoms with van der Waals surface area (Å²) in [5.74, 6) is 0. The van der Waals surface area contributed by atoms with Gasteiger partial charge in [-0.3, -0.25) is 0 Å². The minimum atomic E-state index is -0.872. The highest BCUT2D eigenvalue weighted by atomic mass is 32.1. The van der Waals surface area contributed by atoms with E-state index in [0.29, 0.717) is 0 Å². The van der Waals surface area contributed by atoms with E-state index in [1.807, 2.05) is 25.1 Å². The molecule has 0 bridgehead atoms. The predicted molar refractivity (Wildman–Crippen MR) is 89.0 cm³/mol. The van der Waals surface area contributed by atoms with Crippen molar-refractivity contribution in [3.63, 3.8) is 0 Å². The number of rotatable bonds is 2. The average Bonchev–Trinajstić information content (AvgIpc) is 3.11. The van der Waals surface area contributed by atoms with Crippen LogP contribution in [0.3, 0.4) is 0 Å². The highest BCUT2D eigenvalue weighted by Gasteiger charge is 2.38. The molecule has 2 heterocycles. The molecule has 2 N–H and O–H groups in total. The van der Waals surface area contributed by atoms with Gasteiger partial charge in [0.25, 0.3) is 0 Å². The Kier molecular flexibility index (Phi) is 2.81. The molecule has 2 aromatic carbocycles. The van der Waals surface area contributed by atoms with Crippen molar-refractivity contribution in [2.75, 3.05) is 5.32 Å². The Morgan fingerprint density at radius 1 is 1.14 bits per heavy atom. The topological polar surface area (TPSA) is 32.3 Å². The van der Waals surface area contributed by atoms with E-state index in [1.54, 1.807) is 11.3 Å². The van der Waals surface area contributed by atoms with Crippen LogP contribution in [0.15, 0.2) is 54.6 Å². The number of nitrogens with one attached hydrogen (secondary N) is 1. The van der Waals surface area contributed by atoms with Crippen molar-refractivity contribution in [1.29, 1.82) is 0 Å². The van der Waals surface area contributed by atoms with Crippen molar-refractivity contribution < 1.29 is 5.11 Å². The lowest BCUT2D eigenvalue weighted by atomic mass is 9.92. The van der Waals surface area contributed by atoms with E-state index >= 15 is 0 Å². The Morgan fingerprint density at radius 3 is 2.71 bits per heavy atom. The van der Waals surface area contributed by atoms with Crippen molar-refractivity contribution in [3.05, 3.63) is 65.0 Å². The van der Waals surface area contributed by atoms with Crippen LogP contribution >= 0.6 is 11.3 Å². The molecule has 2 atom stereocenters. The third-order valence-corrected chi connectivity index (χ3v) is 5.72. The molecule has 0 radical (unpaired) electrons. The van der Waals surface area contributed by atoms with Crippen LogP contribution in [0.5, 0.6) is 0 Å². The Hall–Kier alpha value is -1.84. The van der Waals surface area contributed by atoms with Gasteiger partial charge in [0.1, 0.15) is 5.60 Å². The van der Waals surface area contributed by atoms with E-state index in [9.17, 15) is 5.11 Å². The normalized spacial score (nSPS) is 20.0. The molecule has 0 saturated heterocycles. The Labute approximate surface area is 128 Å². The van der Waals surface area contributed by atoms with E-state index in [2.05, 4.69) is 41.7 Å². The molecule has 3 aromatic rings. The molecule has 0 fully saturated rings. The van der Waals surface area contributed by atoms with Gasteiger partial charge in [0, 0.05) is 15.3 Å². The van der Waals surface area contributed by atoms with Crippen molar-refractivity contribution in [3.8, 4) is 0 Å². The van der Waals surface area contributed by atoms with Crippen LogP contribution in [0.2, 0.25) is 0 Å². The highest BCUT2D eigenvalue weighted by molar-refractivity contribution is 7.19. The molecular weight excluding hydrogens is 278 g/mol. The predicted octanol–water partition coefficient (Wildman–Crippen LogP) is 4.15. The minimum absolute atomic E-state index is 0.0166. The molecule has 4 rings (SSSR count). The van der Waals surface area contributed by atoms with E-state index in [4.69, 9.17) is 0 Å². The van der Waals surface area contributed by atoms with Crippen molar-refractivity contribution >= 4 is 27.1 Å². The van der Waals surface area contributed by atoms with Crippen LogP contribution in [0.4, 0.5) is 5.69 Å². The number of thiophene rings is 1. The maximum Gasteiger partial charge on any atom is 0.116 e. The van der Waals surface area contributed by atoms with Gasteiger partial charge < -0.3 is 10.4 Å². The number of hydrogen-bond acceptors (Lipinski definition) is 3. The SMILES string of the molecule is CC(O)(c1cc2ccccc2s1)C1Cc2ccccc2N1. The zero-order valence-corrected chi connectivity index (χ0v) is 12.7. The molecule has 1 aliphatic heterocycles. The fourth-order valence-corrected chi connectivity index (χ4v) is 4.20. The van der Waals surface area contributed by atoms with Crippen molar-refractivity contribution in [2.45, 2.75) is 25.0 Å². The lowest BCUT2D eigenvalue weighted by Crippen LogP contribution is -2.40. The summed E-state index contributed by atoms with van der Waals surface area (Å²) in [5, 5.41) is 15.8. The fourth-order valence-electron chi connectivity index (χ4n) is 3.04. The van der Waals surface area contributed by atoms with Gasteiger partial charge >= 0.3 is 0 Å². The summed E-state index contributed by atoms with van der Waals surface area (Å²) in [6.07, 6.45) is 0.859. The monoisotopic (exact) mass is 295 g/mol. The van der Waals surface area contributed by atoms with Gasteiger partial charge in [0.15, 0.2) is 0 Å². The second kappa shape index (κ2) is 4.58. The van der Waals surface area contributed by atoms with Gasteiger partial charge in [-0.25, -0.2) is 0 Å². The second-order valence-electron chi connectivity index (χ2n) is 5.85. The zero-order chi connectivity index (χ0) is 14.4. The van der Waals surface area contributed by atoms with Crippen LogP contribution in [0.1, 0.15) is 17.4 Å². The molecule has 0 aliphatic carbocycles. The molecule has 1 aromatic heterocycles. The molecule has 2 nitrogen and oxygen atoms in total. The molecular formula is C18H17NOS. The Balaban J connectivity index is 1.71. The first-order chi connectivity index (χ1) is 10.1. The maximum atomic E-state index is 11.1. The van der Waals surface area contributed by atoms with E-state index in [-0.39, 0.29) is 6.04 Å². The lowest BCUT2D eigenvalue weighted by molar-refractivity contribution is 0.0419. The maximum absolute atomic E-state index is 11.1. The summed E-state index contributed by atoms with van der Waals surface area (Å²) in [7, 11) is 0. The Bertz CT molecular complexity index is 748. The molecule has 0 amide bonds. The summed E-state index contributed by atoms with van der Waals surface area (Å²) in [4.78, 5) is 1.02. The van der Waals surface area contributed by atoms with Gasteiger partial charge in [-0.1, -0.05) is 36.4 Å². The van der Waals surface area contributed by atoms with Gasteiger partial charge in [-0.2, -0.15) is 0 Å². The van der Waals surface area contributed by atoms with Crippen molar-refractivity contribution in [1.82, 2.24) is 0 Å².